The number of ether oxygens (including phenoxy) is 2. The molecule has 1 N–H and O–H groups in total. The summed E-state index contributed by atoms with van der Waals surface area (Å²) in [4.78, 5) is 12.4. The van der Waals surface area contributed by atoms with Crippen LogP contribution in [0.15, 0.2) is 12.4 Å². The van der Waals surface area contributed by atoms with E-state index in [2.05, 4.69) is 10.4 Å². The van der Waals surface area contributed by atoms with Crippen LogP contribution in [0.1, 0.15) is 37.4 Å². The second-order valence-electron chi connectivity index (χ2n) is 5.91. The van der Waals surface area contributed by atoms with Crippen LogP contribution in [0.3, 0.4) is 0 Å². The fraction of sp³-hybridized carbons (Fsp3) is 0.733. The third-order valence-electron chi connectivity index (χ3n) is 4.23. The summed E-state index contributed by atoms with van der Waals surface area (Å²) in [5.41, 5.74) is 1.03. The molecule has 1 amide bonds. The Morgan fingerprint density at radius 1 is 1.38 bits per heavy atom. The average molecular weight is 293 g/mol. The van der Waals surface area contributed by atoms with Gasteiger partial charge in [-0.05, 0) is 25.7 Å². The molecule has 2 saturated heterocycles. The van der Waals surface area contributed by atoms with Crippen molar-refractivity contribution in [3.63, 3.8) is 0 Å². The molecule has 6 nitrogen and oxygen atoms in total. The molecule has 0 saturated carbocycles. The number of rotatable bonds is 3. The molecule has 2 aliphatic rings. The number of carbonyl (C=O) groups excluding carboxylic acids is 1. The third kappa shape index (κ3) is 3.44. The van der Waals surface area contributed by atoms with Crippen molar-refractivity contribution in [1.29, 1.82) is 0 Å². The van der Waals surface area contributed by atoms with Gasteiger partial charge in [0.1, 0.15) is 6.10 Å². The molecule has 2 aliphatic heterocycles. The maximum Gasteiger partial charge on any atom is 0.225 e. The van der Waals surface area contributed by atoms with Crippen LogP contribution < -0.4 is 5.32 Å². The number of hydrogen-bond donors (Lipinski definition) is 1. The lowest BCUT2D eigenvalue weighted by Crippen LogP contribution is -2.46. The Kier molecular flexibility index (Phi) is 4.55. The Hall–Kier alpha value is -1.40. The van der Waals surface area contributed by atoms with Crippen molar-refractivity contribution in [2.45, 2.75) is 37.8 Å². The smallest absolute Gasteiger partial charge is 0.225 e. The van der Waals surface area contributed by atoms with E-state index in [1.807, 2.05) is 19.4 Å². The van der Waals surface area contributed by atoms with Crippen LogP contribution in [0.5, 0.6) is 0 Å². The van der Waals surface area contributed by atoms with E-state index in [0.717, 1.165) is 44.5 Å². The standard InChI is InChI=1S/C15H23N3O3/c1-18-9-12(8-16-18)14-13(5-3-7-21-14)17-15(19)11-4-2-6-20-10-11/h8-9,11,13-14H,2-7,10H2,1H3,(H,17,19)/t11?,13-,14+/m0/s1. The SMILES string of the molecule is Cn1cc([C@H]2OCCC[C@@H]2NC(=O)C2CCCOC2)cn1. The summed E-state index contributed by atoms with van der Waals surface area (Å²) in [6.07, 6.45) is 7.47. The summed E-state index contributed by atoms with van der Waals surface area (Å²) in [6, 6.07) is 0.0253. The maximum absolute atomic E-state index is 12.4. The van der Waals surface area contributed by atoms with Crippen molar-refractivity contribution in [3.8, 4) is 0 Å². The highest BCUT2D eigenvalue weighted by Gasteiger charge is 2.32. The van der Waals surface area contributed by atoms with Crippen LogP contribution in [-0.2, 0) is 21.3 Å². The van der Waals surface area contributed by atoms with E-state index in [0.29, 0.717) is 6.61 Å². The first-order valence-electron chi connectivity index (χ1n) is 7.72. The van der Waals surface area contributed by atoms with Crippen molar-refractivity contribution in [2.75, 3.05) is 19.8 Å². The molecule has 3 rings (SSSR count). The van der Waals surface area contributed by atoms with Gasteiger partial charge in [-0.15, -0.1) is 0 Å². The van der Waals surface area contributed by atoms with Gasteiger partial charge in [-0.2, -0.15) is 5.10 Å². The summed E-state index contributed by atoms with van der Waals surface area (Å²) in [7, 11) is 1.89. The second-order valence-corrected chi connectivity index (χ2v) is 5.91. The molecule has 0 aliphatic carbocycles. The van der Waals surface area contributed by atoms with E-state index in [1.54, 1.807) is 4.68 Å². The number of aryl methyl sites for hydroxylation is 1. The summed E-state index contributed by atoms with van der Waals surface area (Å²) in [5.74, 6) is 0.0781. The highest BCUT2D eigenvalue weighted by atomic mass is 16.5. The first-order valence-corrected chi connectivity index (χ1v) is 7.72. The Morgan fingerprint density at radius 3 is 2.95 bits per heavy atom. The number of nitrogens with one attached hydrogen (secondary N) is 1. The van der Waals surface area contributed by atoms with E-state index >= 15 is 0 Å². The minimum Gasteiger partial charge on any atom is -0.381 e. The topological polar surface area (TPSA) is 65.4 Å². The lowest BCUT2D eigenvalue weighted by atomic mass is 9.95. The molecule has 0 bridgehead atoms. The molecule has 3 atom stereocenters. The van der Waals surface area contributed by atoms with E-state index in [4.69, 9.17) is 9.47 Å². The van der Waals surface area contributed by atoms with Crippen LogP contribution in [0.4, 0.5) is 0 Å². The minimum atomic E-state index is -0.0964. The number of amides is 1. The van der Waals surface area contributed by atoms with Gasteiger partial charge >= 0.3 is 0 Å². The summed E-state index contributed by atoms with van der Waals surface area (Å²) in [6.45, 7) is 2.05. The first kappa shape index (κ1) is 14.5. The predicted octanol–water partition coefficient (Wildman–Crippen LogP) is 1.18. The van der Waals surface area contributed by atoms with Gasteiger partial charge in [0.2, 0.25) is 5.91 Å². The molecule has 1 aromatic heterocycles. The fourth-order valence-electron chi connectivity index (χ4n) is 3.09. The Morgan fingerprint density at radius 2 is 2.24 bits per heavy atom. The van der Waals surface area contributed by atoms with Crippen LogP contribution >= 0.6 is 0 Å². The molecule has 1 aromatic rings. The van der Waals surface area contributed by atoms with Crippen molar-refractivity contribution >= 4 is 5.91 Å². The number of carbonyl (C=O) groups is 1. The molecule has 1 unspecified atom stereocenters. The Labute approximate surface area is 124 Å². The molecule has 21 heavy (non-hydrogen) atoms. The molecular weight excluding hydrogens is 270 g/mol. The molecule has 0 spiro atoms. The highest BCUT2D eigenvalue weighted by Crippen LogP contribution is 2.28. The van der Waals surface area contributed by atoms with Crippen molar-refractivity contribution in [2.24, 2.45) is 13.0 Å². The molecule has 3 heterocycles. The summed E-state index contributed by atoms with van der Waals surface area (Å²) in [5, 5.41) is 7.36. The quantitative estimate of drug-likeness (QED) is 0.909. The van der Waals surface area contributed by atoms with Gasteiger partial charge in [0.05, 0.1) is 24.8 Å². The molecule has 0 aromatic carbocycles. The summed E-state index contributed by atoms with van der Waals surface area (Å²) < 4.78 is 13.0. The zero-order valence-electron chi connectivity index (χ0n) is 12.5. The summed E-state index contributed by atoms with van der Waals surface area (Å²) >= 11 is 0. The fourth-order valence-corrected chi connectivity index (χ4v) is 3.09. The van der Waals surface area contributed by atoms with E-state index < -0.39 is 0 Å². The monoisotopic (exact) mass is 293 g/mol. The van der Waals surface area contributed by atoms with E-state index in [-0.39, 0.29) is 24.0 Å². The van der Waals surface area contributed by atoms with Gasteiger partial charge in [-0.1, -0.05) is 0 Å². The van der Waals surface area contributed by atoms with Crippen LogP contribution in [-0.4, -0.2) is 41.6 Å². The lowest BCUT2D eigenvalue weighted by molar-refractivity contribution is -0.132. The number of aromatic nitrogens is 2. The minimum absolute atomic E-state index is 0.0183. The average Bonchev–Trinajstić information content (AvgIpc) is 2.95. The van der Waals surface area contributed by atoms with Crippen molar-refractivity contribution in [3.05, 3.63) is 18.0 Å². The number of nitrogens with zero attached hydrogens (tertiary/aromatic N) is 2. The van der Waals surface area contributed by atoms with Crippen LogP contribution in [0.25, 0.3) is 0 Å². The predicted molar refractivity (Wildman–Crippen MR) is 76.6 cm³/mol. The first-order chi connectivity index (χ1) is 10.2. The van der Waals surface area contributed by atoms with Gasteiger partial charge in [-0.25, -0.2) is 0 Å². The third-order valence-corrected chi connectivity index (χ3v) is 4.23. The zero-order valence-corrected chi connectivity index (χ0v) is 12.5. The van der Waals surface area contributed by atoms with Crippen LogP contribution in [0, 0.1) is 5.92 Å². The molecule has 116 valence electrons. The lowest BCUT2D eigenvalue weighted by Gasteiger charge is -2.33. The van der Waals surface area contributed by atoms with Gasteiger partial charge in [-0.3, -0.25) is 9.48 Å². The van der Waals surface area contributed by atoms with Gasteiger partial charge in [0, 0.05) is 32.0 Å². The Bertz CT molecular complexity index is 482. The van der Waals surface area contributed by atoms with Crippen LogP contribution in [0.2, 0.25) is 0 Å². The highest BCUT2D eigenvalue weighted by molar-refractivity contribution is 5.79. The van der Waals surface area contributed by atoms with Gasteiger partial charge in [0.25, 0.3) is 0 Å². The molecular formula is C15H23N3O3. The number of hydrogen-bond acceptors (Lipinski definition) is 4. The van der Waals surface area contributed by atoms with Gasteiger partial charge < -0.3 is 14.8 Å². The zero-order chi connectivity index (χ0) is 14.7. The maximum atomic E-state index is 12.4. The molecule has 0 radical (unpaired) electrons. The van der Waals surface area contributed by atoms with E-state index in [9.17, 15) is 4.79 Å². The van der Waals surface area contributed by atoms with Gasteiger partial charge in [0.15, 0.2) is 0 Å². The largest absolute Gasteiger partial charge is 0.381 e. The second kappa shape index (κ2) is 6.58. The Balaban J connectivity index is 1.65. The molecule has 6 heteroatoms. The van der Waals surface area contributed by atoms with E-state index in [1.165, 1.54) is 0 Å². The van der Waals surface area contributed by atoms with Crippen molar-refractivity contribution in [1.82, 2.24) is 15.1 Å². The normalized spacial score (nSPS) is 30.0. The molecule has 2 fully saturated rings. The van der Waals surface area contributed by atoms with Crippen molar-refractivity contribution < 1.29 is 14.3 Å².